The van der Waals surface area contributed by atoms with E-state index in [2.05, 4.69) is 17.1 Å². The molecule has 0 radical (unpaired) electrons. The van der Waals surface area contributed by atoms with Gasteiger partial charge in [-0.2, -0.15) is 0 Å². The summed E-state index contributed by atoms with van der Waals surface area (Å²) in [7, 11) is 0. The fraction of sp³-hybridized carbons (Fsp3) is 0.562. The van der Waals surface area contributed by atoms with E-state index in [0.717, 1.165) is 23.1 Å². The highest BCUT2D eigenvalue weighted by Crippen LogP contribution is 2.19. The Morgan fingerprint density at radius 2 is 2.05 bits per heavy atom. The lowest BCUT2D eigenvalue weighted by Gasteiger charge is -2.30. The lowest BCUT2D eigenvalue weighted by molar-refractivity contribution is 0.340. The molecule has 1 N–H and O–H groups in total. The molecule has 4 heteroatoms. The van der Waals surface area contributed by atoms with Crippen LogP contribution in [0.15, 0.2) is 24.3 Å². The third kappa shape index (κ3) is 4.10. The third-order valence-corrected chi connectivity index (χ3v) is 4.07. The summed E-state index contributed by atoms with van der Waals surface area (Å²) in [6.07, 6.45) is 5.08. The van der Waals surface area contributed by atoms with Crippen molar-refractivity contribution in [3.8, 4) is 5.75 Å². The average Bonchev–Trinajstić information content (AvgIpc) is 2.66. The quantitative estimate of drug-likeness (QED) is 0.850. The highest BCUT2D eigenvalue weighted by molar-refractivity contribution is 7.80. The minimum atomic E-state index is 0.528. The number of ether oxygens (including phenoxy) is 1. The normalized spacial score (nSPS) is 19.3. The molecule has 0 aromatic heterocycles. The first-order valence-corrected chi connectivity index (χ1v) is 7.92. The summed E-state index contributed by atoms with van der Waals surface area (Å²) in [6.45, 7) is 6.00. The molecule has 0 aliphatic carbocycles. The molecule has 0 amide bonds. The monoisotopic (exact) mass is 292 g/mol. The maximum Gasteiger partial charge on any atom is 0.173 e. The second kappa shape index (κ2) is 7.48. The number of anilines is 1. The van der Waals surface area contributed by atoms with Crippen molar-refractivity contribution in [2.75, 3.05) is 18.5 Å². The second-order valence-electron chi connectivity index (χ2n) is 5.28. The molecule has 1 atom stereocenters. The van der Waals surface area contributed by atoms with Crippen LogP contribution in [0, 0.1) is 0 Å². The average molecular weight is 292 g/mol. The van der Waals surface area contributed by atoms with Gasteiger partial charge in [0.05, 0.1) is 6.61 Å². The summed E-state index contributed by atoms with van der Waals surface area (Å²) >= 11 is 5.56. The van der Waals surface area contributed by atoms with E-state index in [1.807, 2.05) is 31.2 Å². The van der Waals surface area contributed by atoms with Crippen LogP contribution in [0.5, 0.6) is 5.75 Å². The van der Waals surface area contributed by atoms with Crippen LogP contribution >= 0.6 is 12.2 Å². The third-order valence-electron chi connectivity index (χ3n) is 3.73. The van der Waals surface area contributed by atoms with E-state index in [9.17, 15) is 0 Å². The molecule has 3 nitrogen and oxygen atoms in total. The molecule has 1 fully saturated rings. The maximum atomic E-state index is 5.56. The Hall–Kier alpha value is -1.29. The van der Waals surface area contributed by atoms with Gasteiger partial charge in [0.2, 0.25) is 0 Å². The minimum Gasteiger partial charge on any atom is -0.494 e. The number of nitrogens with one attached hydrogen (secondary N) is 1. The second-order valence-corrected chi connectivity index (χ2v) is 5.67. The van der Waals surface area contributed by atoms with E-state index in [1.165, 1.54) is 25.7 Å². The topological polar surface area (TPSA) is 24.5 Å². The highest BCUT2D eigenvalue weighted by atomic mass is 32.1. The van der Waals surface area contributed by atoms with E-state index in [1.54, 1.807) is 0 Å². The standard InChI is InChI=1S/C16H24N2OS/c1-3-19-15-10-8-14(9-11-15)17-16(20)18-12-6-4-5-7-13(18)2/h8-11,13H,3-7,12H2,1-2H3,(H,17,20). The first-order valence-electron chi connectivity index (χ1n) is 7.51. The number of hydrogen-bond donors (Lipinski definition) is 1. The van der Waals surface area contributed by atoms with Crippen molar-refractivity contribution in [3.63, 3.8) is 0 Å². The first kappa shape index (κ1) is 15.1. The zero-order valence-electron chi connectivity index (χ0n) is 12.4. The van der Waals surface area contributed by atoms with Crippen molar-refractivity contribution in [2.45, 2.75) is 45.6 Å². The van der Waals surface area contributed by atoms with Gasteiger partial charge < -0.3 is 15.0 Å². The minimum absolute atomic E-state index is 0.528. The van der Waals surface area contributed by atoms with E-state index < -0.39 is 0 Å². The fourth-order valence-electron chi connectivity index (χ4n) is 2.57. The molecule has 20 heavy (non-hydrogen) atoms. The van der Waals surface area contributed by atoms with Crippen LogP contribution in [-0.2, 0) is 0 Å². The van der Waals surface area contributed by atoms with Crippen LogP contribution in [0.4, 0.5) is 5.69 Å². The Morgan fingerprint density at radius 3 is 2.75 bits per heavy atom. The predicted molar refractivity (Wildman–Crippen MR) is 88.5 cm³/mol. The molecule has 0 saturated carbocycles. The Kier molecular flexibility index (Phi) is 5.65. The van der Waals surface area contributed by atoms with Gasteiger partial charge in [-0.05, 0) is 63.2 Å². The van der Waals surface area contributed by atoms with Crippen LogP contribution in [0.25, 0.3) is 0 Å². The van der Waals surface area contributed by atoms with Crippen molar-refractivity contribution in [2.24, 2.45) is 0 Å². The van der Waals surface area contributed by atoms with Gasteiger partial charge in [-0.15, -0.1) is 0 Å². The van der Waals surface area contributed by atoms with Crippen LogP contribution in [0.1, 0.15) is 39.5 Å². The molecular formula is C16H24N2OS. The van der Waals surface area contributed by atoms with Crippen molar-refractivity contribution < 1.29 is 4.74 Å². The number of likely N-dealkylation sites (tertiary alicyclic amines) is 1. The van der Waals surface area contributed by atoms with E-state index >= 15 is 0 Å². The van der Waals surface area contributed by atoms with Gasteiger partial charge in [-0.3, -0.25) is 0 Å². The smallest absolute Gasteiger partial charge is 0.173 e. The number of thiocarbonyl (C=S) groups is 1. The number of nitrogens with zero attached hydrogens (tertiary/aromatic N) is 1. The van der Waals surface area contributed by atoms with Crippen molar-refractivity contribution >= 4 is 23.0 Å². The zero-order valence-corrected chi connectivity index (χ0v) is 13.2. The fourth-order valence-corrected chi connectivity index (χ4v) is 2.96. The van der Waals surface area contributed by atoms with E-state index in [0.29, 0.717) is 12.6 Å². The van der Waals surface area contributed by atoms with Crippen LogP contribution in [0.3, 0.4) is 0 Å². The van der Waals surface area contributed by atoms with Gasteiger partial charge >= 0.3 is 0 Å². The maximum absolute atomic E-state index is 5.56. The van der Waals surface area contributed by atoms with Gasteiger partial charge in [-0.1, -0.05) is 12.8 Å². The molecule has 1 aromatic rings. The Morgan fingerprint density at radius 1 is 1.30 bits per heavy atom. The van der Waals surface area contributed by atoms with Gasteiger partial charge in [-0.25, -0.2) is 0 Å². The molecule has 1 heterocycles. The van der Waals surface area contributed by atoms with Crippen molar-refractivity contribution in [1.29, 1.82) is 0 Å². The lowest BCUT2D eigenvalue weighted by Crippen LogP contribution is -2.40. The summed E-state index contributed by atoms with van der Waals surface area (Å²) in [5, 5.41) is 4.18. The summed E-state index contributed by atoms with van der Waals surface area (Å²) in [4.78, 5) is 2.32. The van der Waals surface area contributed by atoms with Crippen LogP contribution in [0.2, 0.25) is 0 Å². The largest absolute Gasteiger partial charge is 0.494 e. The SMILES string of the molecule is CCOc1ccc(NC(=S)N2CCCCCC2C)cc1. The summed E-state index contributed by atoms with van der Waals surface area (Å²) in [5.74, 6) is 0.895. The van der Waals surface area contributed by atoms with E-state index in [4.69, 9.17) is 17.0 Å². The zero-order chi connectivity index (χ0) is 14.4. The molecule has 0 spiro atoms. The Bertz CT molecular complexity index is 433. The number of benzene rings is 1. The molecule has 0 bridgehead atoms. The molecule has 110 valence electrons. The lowest BCUT2D eigenvalue weighted by atomic mass is 10.1. The van der Waals surface area contributed by atoms with Crippen LogP contribution in [-0.4, -0.2) is 29.2 Å². The number of rotatable bonds is 3. The summed E-state index contributed by atoms with van der Waals surface area (Å²) in [5.41, 5.74) is 1.02. The summed E-state index contributed by atoms with van der Waals surface area (Å²) < 4.78 is 5.44. The van der Waals surface area contributed by atoms with E-state index in [-0.39, 0.29) is 0 Å². The molecule has 1 aromatic carbocycles. The van der Waals surface area contributed by atoms with Gasteiger partial charge in [0.1, 0.15) is 5.75 Å². The molecule has 1 aliphatic rings. The van der Waals surface area contributed by atoms with Crippen molar-refractivity contribution in [3.05, 3.63) is 24.3 Å². The summed E-state index contributed by atoms with van der Waals surface area (Å²) in [6, 6.07) is 8.50. The van der Waals surface area contributed by atoms with Gasteiger partial charge in [0.15, 0.2) is 5.11 Å². The highest BCUT2D eigenvalue weighted by Gasteiger charge is 2.19. The predicted octanol–water partition coefficient (Wildman–Crippen LogP) is 4.05. The molecular weight excluding hydrogens is 268 g/mol. The van der Waals surface area contributed by atoms with Crippen LogP contribution < -0.4 is 10.1 Å². The molecule has 2 rings (SSSR count). The van der Waals surface area contributed by atoms with Gasteiger partial charge in [0.25, 0.3) is 0 Å². The Balaban J connectivity index is 1.95. The Labute approximate surface area is 127 Å². The molecule has 1 saturated heterocycles. The molecule has 1 unspecified atom stereocenters. The van der Waals surface area contributed by atoms with Gasteiger partial charge in [0, 0.05) is 18.3 Å². The number of hydrogen-bond acceptors (Lipinski definition) is 2. The first-order chi connectivity index (χ1) is 9.70. The van der Waals surface area contributed by atoms with Crippen molar-refractivity contribution in [1.82, 2.24) is 4.90 Å². The molecule has 1 aliphatic heterocycles.